The van der Waals surface area contributed by atoms with E-state index in [1.807, 2.05) is 6.92 Å². The molecule has 0 radical (unpaired) electrons. The monoisotopic (exact) mass is 302 g/mol. The molecule has 2 aromatic heterocycles. The van der Waals surface area contributed by atoms with Gasteiger partial charge in [-0.2, -0.15) is 0 Å². The van der Waals surface area contributed by atoms with Crippen LogP contribution >= 0.6 is 0 Å². The van der Waals surface area contributed by atoms with E-state index >= 15 is 0 Å². The zero-order chi connectivity index (χ0) is 15.0. The number of pyridine rings is 1. The number of fused-ring (bicyclic) bond motifs is 1. The van der Waals surface area contributed by atoms with E-state index in [2.05, 4.69) is 9.97 Å². The second-order valence-corrected chi connectivity index (χ2v) is 6.63. The second-order valence-electron chi connectivity index (χ2n) is 4.71. The van der Waals surface area contributed by atoms with Gasteiger partial charge in [-0.05, 0) is 25.1 Å². The van der Waals surface area contributed by atoms with Gasteiger partial charge in [-0.25, -0.2) is 13.4 Å². The van der Waals surface area contributed by atoms with Gasteiger partial charge in [-0.15, -0.1) is 0 Å². The summed E-state index contributed by atoms with van der Waals surface area (Å²) >= 11 is 0. The van der Waals surface area contributed by atoms with Crippen LogP contribution < -0.4 is 4.74 Å². The number of H-pyrrole nitrogens is 1. The zero-order valence-electron chi connectivity index (χ0n) is 11.6. The van der Waals surface area contributed by atoms with Crippen LogP contribution in [0.1, 0.15) is 5.56 Å². The smallest absolute Gasteiger partial charge is 0.211 e. The molecule has 0 amide bonds. The van der Waals surface area contributed by atoms with Crippen molar-refractivity contribution < 1.29 is 13.2 Å². The van der Waals surface area contributed by atoms with Gasteiger partial charge in [0.25, 0.3) is 0 Å². The molecule has 0 fully saturated rings. The van der Waals surface area contributed by atoms with Gasteiger partial charge in [-0.3, -0.25) is 0 Å². The Balaban J connectivity index is 2.25. The summed E-state index contributed by atoms with van der Waals surface area (Å²) in [5.74, 6) is 0.307. The van der Waals surface area contributed by atoms with E-state index in [-0.39, 0.29) is 9.79 Å². The number of aryl methyl sites for hydroxylation is 1. The van der Waals surface area contributed by atoms with E-state index in [0.717, 1.165) is 5.56 Å². The highest BCUT2D eigenvalue weighted by Gasteiger charge is 2.24. The Morgan fingerprint density at radius 1 is 1.14 bits per heavy atom. The number of rotatable bonds is 3. The van der Waals surface area contributed by atoms with Crippen LogP contribution in [0.5, 0.6) is 5.75 Å². The first-order valence-corrected chi connectivity index (χ1v) is 7.84. The maximum Gasteiger partial charge on any atom is 0.211 e. The summed E-state index contributed by atoms with van der Waals surface area (Å²) in [7, 11) is -2.21. The van der Waals surface area contributed by atoms with Crippen LogP contribution in [-0.2, 0) is 9.84 Å². The molecule has 0 saturated heterocycles. The highest BCUT2D eigenvalue weighted by Crippen LogP contribution is 2.34. The quantitative estimate of drug-likeness (QED) is 0.807. The van der Waals surface area contributed by atoms with Crippen LogP contribution in [-0.4, -0.2) is 25.5 Å². The van der Waals surface area contributed by atoms with Crippen LogP contribution in [0.15, 0.2) is 52.5 Å². The number of sulfone groups is 1. The lowest BCUT2D eigenvalue weighted by Crippen LogP contribution is -2.05. The fraction of sp³-hybridized carbons (Fsp3) is 0.133. The minimum atomic E-state index is -3.67. The Kier molecular flexibility index (Phi) is 3.17. The Bertz CT molecular complexity index is 896. The fourth-order valence-corrected chi connectivity index (χ4v) is 3.59. The number of aromatic nitrogens is 2. The largest absolute Gasteiger partial charge is 0.495 e. The average molecular weight is 302 g/mol. The Morgan fingerprint density at radius 2 is 1.86 bits per heavy atom. The third-order valence-corrected chi connectivity index (χ3v) is 5.09. The summed E-state index contributed by atoms with van der Waals surface area (Å²) in [5, 5.41) is 0.644. The molecule has 21 heavy (non-hydrogen) atoms. The molecular formula is C15H14N2O3S. The molecule has 0 spiro atoms. The molecule has 1 N–H and O–H groups in total. The molecule has 108 valence electrons. The summed E-state index contributed by atoms with van der Waals surface area (Å²) in [6.45, 7) is 1.91. The van der Waals surface area contributed by atoms with E-state index < -0.39 is 9.84 Å². The van der Waals surface area contributed by atoms with Crippen molar-refractivity contribution in [2.75, 3.05) is 7.11 Å². The first-order valence-electron chi connectivity index (χ1n) is 6.36. The maximum atomic E-state index is 12.8. The number of nitrogens with one attached hydrogen (secondary N) is 1. The van der Waals surface area contributed by atoms with Crippen LogP contribution in [0.25, 0.3) is 11.0 Å². The molecule has 0 saturated carbocycles. The molecule has 0 atom stereocenters. The molecule has 3 rings (SSSR count). The third-order valence-electron chi connectivity index (χ3n) is 3.33. The molecule has 6 heteroatoms. The van der Waals surface area contributed by atoms with E-state index in [0.29, 0.717) is 16.8 Å². The van der Waals surface area contributed by atoms with Crippen molar-refractivity contribution in [3.63, 3.8) is 0 Å². The Labute approximate surface area is 122 Å². The summed E-state index contributed by atoms with van der Waals surface area (Å²) in [4.78, 5) is 7.37. The van der Waals surface area contributed by atoms with Crippen molar-refractivity contribution >= 4 is 20.9 Å². The minimum absolute atomic E-state index is 0.0703. The molecule has 5 nitrogen and oxygen atoms in total. The summed E-state index contributed by atoms with van der Waals surface area (Å²) < 4.78 is 30.8. The SMILES string of the molecule is COc1c(S(=O)(=O)c2ccc(C)cc2)cnc2[nH]ccc12. The predicted molar refractivity (Wildman–Crippen MR) is 79.3 cm³/mol. The second kappa shape index (κ2) is 4.89. The normalized spacial score (nSPS) is 11.7. The number of nitrogens with zero attached hydrogens (tertiary/aromatic N) is 1. The number of ether oxygens (including phenoxy) is 1. The summed E-state index contributed by atoms with van der Waals surface area (Å²) in [6.07, 6.45) is 3.02. The number of hydrogen-bond acceptors (Lipinski definition) is 4. The first kappa shape index (κ1) is 13.6. The summed E-state index contributed by atoms with van der Waals surface area (Å²) in [5.41, 5.74) is 1.59. The van der Waals surface area contributed by atoms with Gasteiger partial charge >= 0.3 is 0 Å². The van der Waals surface area contributed by atoms with E-state index in [1.54, 1.807) is 36.5 Å². The maximum absolute atomic E-state index is 12.8. The lowest BCUT2D eigenvalue weighted by atomic mass is 10.2. The van der Waals surface area contributed by atoms with Crippen LogP contribution in [0.4, 0.5) is 0 Å². The molecule has 0 aliphatic carbocycles. The highest BCUT2D eigenvalue weighted by atomic mass is 32.2. The standard InChI is InChI=1S/C15H14N2O3S/c1-10-3-5-11(6-4-10)21(18,19)13-9-17-15-12(7-8-16-15)14(13)20-2/h3-9H,1-2H3,(H,16,17). The van der Waals surface area contributed by atoms with Gasteiger partial charge in [0, 0.05) is 6.20 Å². The van der Waals surface area contributed by atoms with Gasteiger partial charge in [0.15, 0.2) is 0 Å². The van der Waals surface area contributed by atoms with Crippen LogP contribution in [0, 0.1) is 6.92 Å². The van der Waals surface area contributed by atoms with Gasteiger partial charge in [-0.1, -0.05) is 17.7 Å². The van der Waals surface area contributed by atoms with E-state index in [4.69, 9.17) is 4.74 Å². The first-order chi connectivity index (χ1) is 10.0. The van der Waals surface area contributed by atoms with Crippen LogP contribution in [0.2, 0.25) is 0 Å². The number of methoxy groups -OCH3 is 1. The third kappa shape index (κ3) is 2.17. The van der Waals surface area contributed by atoms with Crippen LogP contribution in [0.3, 0.4) is 0 Å². The van der Waals surface area contributed by atoms with Gasteiger partial charge in [0.1, 0.15) is 16.3 Å². The Hall–Kier alpha value is -2.34. The molecule has 0 unspecified atom stereocenters. The van der Waals surface area contributed by atoms with Crippen molar-refractivity contribution in [2.45, 2.75) is 16.7 Å². The molecule has 0 aliphatic heterocycles. The highest BCUT2D eigenvalue weighted by molar-refractivity contribution is 7.91. The molecule has 1 aromatic carbocycles. The molecule has 0 bridgehead atoms. The predicted octanol–water partition coefficient (Wildman–Crippen LogP) is 2.71. The molecule has 2 heterocycles. The van der Waals surface area contributed by atoms with Crippen molar-refractivity contribution in [1.29, 1.82) is 0 Å². The van der Waals surface area contributed by atoms with E-state index in [9.17, 15) is 8.42 Å². The van der Waals surface area contributed by atoms with Gasteiger partial charge in [0.05, 0.1) is 23.6 Å². The molecule has 3 aromatic rings. The minimum Gasteiger partial charge on any atom is -0.495 e. The number of hydrogen-bond donors (Lipinski definition) is 1. The van der Waals surface area contributed by atoms with Crippen molar-refractivity contribution in [1.82, 2.24) is 9.97 Å². The van der Waals surface area contributed by atoms with Crippen molar-refractivity contribution in [3.05, 3.63) is 48.3 Å². The van der Waals surface area contributed by atoms with Crippen molar-refractivity contribution in [2.24, 2.45) is 0 Å². The molecular weight excluding hydrogens is 288 g/mol. The van der Waals surface area contributed by atoms with Gasteiger partial charge in [0.2, 0.25) is 9.84 Å². The topological polar surface area (TPSA) is 72.1 Å². The Morgan fingerprint density at radius 3 is 2.52 bits per heavy atom. The number of benzene rings is 1. The fourth-order valence-electron chi connectivity index (χ4n) is 2.21. The lowest BCUT2D eigenvalue weighted by Gasteiger charge is -2.10. The number of aromatic amines is 1. The zero-order valence-corrected chi connectivity index (χ0v) is 12.4. The average Bonchev–Trinajstić information content (AvgIpc) is 2.95. The molecule has 0 aliphatic rings. The summed E-state index contributed by atoms with van der Waals surface area (Å²) in [6, 6.07) is 8.45. The van der Waals surface area contributed by atoms with Gasteiger partial charge < -0.3 is 9.72 Å². The lowest BCUT2D eigenvalue weighted by molar-refractivity contribution is 0.407. The van der Waals surface area contributed by atoms with Crippen molar-refractivity contribution in [3.8, 4) is 5.75 Å². The van der Waals surface area contributed by atoms with E-state index in [1.165, 1.54) is 13.3 Å².